The molecular weight excluding hydrogens is 405 g/mol. The van der Waals surface area contributed by atoms with E-state index in [2.05, 4.69) is 15.9 Å². The van der Waals surface area contributed by atoms with Crippen molar-refractivity contribution in [1.29, 1.82) is 0 Å². The fourth-order valence-electron chi connectivity index (χ4n) is 1.59. The van der Waals surface area contributed by atoms with Crippen LogP contribution in [0.4, 0.5) is 0 Å². The molecule has 0 aliphatic carbocycles. The highest BCUT2D eigenvalue weighted by atomic mass is 79.9. The van der Waals surface area contributed by atoms with Crippen LogP contribution in [-0.2, 0) is 16.6 Å². The van der Waals surface area contributed by atoms with E-state index in [0.29, 0.717) is 4.34 Å². The highest BCUT2D eigenvalue weighted by Crippen LogP contribution is 2.29. The predicted molar refractivity (Wildman–Crippen MR) is 87.1 cm³/mol. The topological polar surface area (TPSA) is 37.4 Å². The van der Waals surface area contributed by atoms with E-state index in [0.717, 1.165) is 9.35 Å². The molecule has 0 saturated carbocycles. The molecule has 0 amide bonds. The SMILES string of the molecule is CN(Cc1ccc(Cl)s1)S(=O)(=O)c1ccc(Br)cc1Cl. The second-order valence-electron chi connectivity index (χ2n) is 4.04. The number of sulfonamides is 1. The third-order valence-electron chi connectivity index (χ3n) is 2.59. The third-order valence-corrected chi connectivity index (χ3v) is 6.58. The van der Waals surface area contributed by atoms with Crippen molar-refractivity contribution in [2.24, 2.45) is 0 Å². The van der Waals surface area contributed by atoms with Crippen LogP contribution in [0.1, 0.15) is 4.88 Å². The normalized spacial score (nSPS) is 12.1. The molecule has 0 aliphatic heterocycles. The van der Waals surface area contributed by atoms with E-state index in [9.17, 15) is 8.42 Å². The second kappa shape index (κ2) is 6.34. The largest absolute Gasteiger partial charge is 0.244 e. The van der Waals surface area contributed by atoms with Gasteiger partial charge in [0.05, 0.1) is 9.36 Å². The Morgan fingerprint density at radius 3 is 2.50 bits per heavy atom. The summed E-state index contributed by atoms with van der Waals surface area (Å²) in [6.45, 7) is 0.256. The summed E-state index contributed by atoms with van der Waals surface area (Å²) in [5, 5.41) is 0.190. The lowest BCUT2D eigenvalue weighted by atomic mass is 10.4. The molecule has 0 spiro atoms. The Labute approximate surface area is 140 Å². The zero-order valence-corrected chi connectivity index (χ0v) is 15.0. The van der Waals surface area contributed by atoms with Crippen LogP contribution in [0.25, 0.3) is 0 Å². The molecule has 0 saturated heterocycles. The van der Waals surface area contributed by atoms with Gasteiger partial charge in [0, 0.05) is 22.9 Å². The van der Waals surface area contributed by atoms with Gasteiger partial charge in [-0.3, -0.25) is 0 Å². The Bertz CT molecular complexity index is 731. The highest BCUT2D eigenvalue weighted by Gasteiger charge is 2.24. The van der Waals surface area contributed by atoms with Crippen LogP contribution in [0.3, 0.4) is 0 Å². The van der Waals surface area contributed by atoms with Crippen LogP contribution in [0.2, 0.25) is 9.36 Å². The smallest absolute Gasteiger partial charge is 0.207 e. The molecule has 8 heteroatoms. The molecule has 0 bridgehead atoms. The van der Waals surface area contributed by atoms with E-state index in [1.165, 1.54) is 28.8 Å². The lowest BCUT2D eigenvalue weighted by molar-refractivity contribution is 0.469. The molecule has 2 aromatic rings. The molecule has 2 rings (SSSR count). The van der Waals surface area contributed by atoms with Gasteiger partial charge in [-0.05, 0) is 30.3 Å². The quantitative estimate of drug-likeness (QED) is 0.730. The van der Waals surface area contributed by atoms with Gasteiger partial charge in [0.25, 0.3) is 0 Å². The average molecular weight is 415 g/mol. The molecule has 0 fully saturated rings. The summed E-state index contributed by atoms with van der Waals surface area (Å²) in [4.78, 5) is 0.960. The average Bonchev–Trinajstić information content (AvgIpc) is 2.74. The Morgan fingerprint density at radius 1 is 1.25 bits per heavy atom. The number of halogens is 3. The maximum atomic E-state index is 12.5. The number of thiophene rings is 1. The first-order valence-corrected chi connectivity index (χ1v) is 9.27. The summed E-state index contributed by atoms with van der Waals surface area (Å²) in [5.41, 5.74) is 0. The monoisotopic (exact) mass is 413 g/mol. The van der Waals surface area contributed by atoms with Crippen molar-refractivity contribution in [2.75, 3.05) is 7.05 Å². The number of rotatable bonds is 4. The van der Waals surface area contributed by atoms with E-state index in [4.69, 9.17) is 23.2 Å². The molecule has 1 aromatic heterocycles. The molecule has 1 heterocycles. The van der Waals surface area contributed by atoms with Crippen molar-refractivity contribution < 1.29 is 8.42 Å². The van der Waals surface area contributed by atoms with Gasteiger partial charge in [0.2, 0.25) is 10.0 Å². The molecule has 108 valence electrons. The van der Waals surface area contributed by atoms with Crippen LogP contribution in [0.15, 0.2) is 39.7 Å². The predicted octanol–water partition coefficient (Wildman–Crippen LogP) is 4.64. The first-order valence-electron chi connectivity index (χ1n) is 5.46. The van der Waals surface area contributed by atoms with Crippen molar-refractivity contribution in [3.05, 3.63) is 49.0 Å². The minimum atomic E-state index is -3.63. The second-order valence-corrected chi connectivity index (χ2v) is 9.18. The van der Waals surface area contributed by atoms with Crippen molar-refractivity contribution in [3.63, 3.8) is 0 Å². The molecular formula is C12H10BrCl2NO2S2. The van der Waals surface area contributed by atoms with Gasteiger partial charge in [-0.15, -0.1) is 11.3 Å². The minimum Gasteiger partial charge on any atom is -0.207 e. The van der Waals surface area contributed by atoms with Crippen molar-refractivity contribution in [3.8, 4) is 0 Å². The Kier molecular flexibility index (Phi) is 5.15. The minimum absolute atomic E-state index is 0.0903. The van der Waals surface area contributed by atoms with E-state index in [1.807, 2.05) is 6.07 Å². The summed E-state index contributed by atoms with van der Waals surface area (Å²) in [6.07, 6.45) is 0. The van der Waals surface area contributed by atoms with Gasteiger partial charge in [-0.2, -0.15) is 4.31 Å². The summed E-state index contributed by atoms with van der Waals surface area (Å²) < 4.78 is 27.6. The zero-order chi connectivity index (χ0) is 14.9. The van der Waals surface area contributed by atoms with Crippen LogP contribution in [-0.4, -0.2) is 19.8 Å². The van der Waals surface area contributed by atoms with E-state index in [1.54, 1.807) is 18.2 Å². The van der Waals surface area contributed by atoms with E-state index >= 15 is 0 Å². The Balaban J connectivity index is 2.29. The fraction of sp³-hybridized carbons (Fsp3) is 0.167. The van der Waals surface area contributed by atoms with Crippen LogP contribution < -0.4 is 0 Å². The van der Waals surface area contributed by atoms with Crippen LogP contribution >= 0.6 is 50.5 Å². The van der Waals surface area contributed by atoms with Crippen molar-refractivity contribution >= 4 is 60.5 Å². The maximum Gasteiger partial charge on any atom is 0.244 e. The lowest BCUT2D eigenvalue weighted by Gasteiger charge is -2.17. The molecule has 0 N–H and O–H groups in total. The van der Waals surface area contributed by atoms with Crippen LogP contribution in [0, 0.1) is 0 Å². The Morgan fingerprint density at radius 2 is 1.95 bits per heavy atom. The Hall–Kier alpha value is -0.110. The number of benzene rings is 1. The van der Waals surface area contributed by atoms with Gasteiger partial charge in [-0.1, -0.05) is 39.1 Å². The van der Waals surface area contributed by atoms with Gasteiger partial charge < -0.3 is 0 Å². The van der Waals surface area contributed by atoms with Crippen LogP contribution in [0.5, 0.6) is 0 Å². The molecule has 0 radical (unpaired) electrons. The van der Waals surface area contributed by atoms with Gasteiger partial charge in [0.1, 0.15) is 4.90 Å². The highest BCUT2D eigenvalue weighted by molar-refractivity contribution is 9.10. The van der Waals surface area contributed by atoms with E-state index < -0.39 is 10.0 Å². The summed E-state index contributed by atoms with van der Waals surface area (Å²) in [7, 11) is -2.12. The molecule has 0 unspecified atom stereocenters. The zero-order valence-electron chi connectivity index (χ0n) is 10.3. The molecule has 1 aromatic carbocycles. The molecule has 20 heavy (non-hydrogen) atoms. The fourth-order valence-corrected chi connectivity index (χ4v) is 4.97. The van der Waals surface area contributed by atoms with Gasteiger partial charge in [0.15, 0.2) is 0 Å². The lowest BCUT2D eigenvalue weighted by Crippen LogP contribution is -2.26. The van der Waals surface area contributed by atoms with Gasteiger partial charge in [-0.25, -0.2) is 8.42 Å². The molecule has 3 nitrogen and oxygen atoms in total. The maximum absolute atomic E-state index is 12.5. The third kappa shape index (κ3) is 3.55. The van der Waals surface area contributed by atoms with Crippen molar-refractivity contribution in [2.45, 2.75) is 11.4 Å². The van der Waals surface area contributed by atoms with Crippen molar-refractivity contribution in [1.82, 2.24) is 4.31 Å². The number of hydrogen-bond donors (Lipinski definition) is 0. The number of nitrogens with zero attached hydrogens (tertiary/aromatic N) is 1. The molecule has 0 atom stereocenters. The summed E-state index contributed by atoms with van der Waals surface area (Å²) in [6, 6.07) is 8.25. The first kappa shape index (κ1) is 16.3. The summed E-state index contributed by atoms with van der Waals surface area (Å²) >= 11 is 16.5. The number of hydrogen-bond acceptors (Lipinski definition) is 3. The standard InChI is InChI=1S/C12H10BrCl2NO2S2/c1-16(7-9-3-5-12(15)19-9)20(17,18)11-4-2-8(13)6-10(11)14/h2-6H,7H2,1H3. The van der Waals surface area contributed by atoms with Gasteiger partial charge >= 0.3 is 0 Å². The summed E-state index contributed by atoms with van der Waals surface area (Å²) in [5.74, 6) is 0. The molecule has 0 aliphatic rings. The first-order chi connectivity index (χ1) is 9.30. The van der Waals surface area contributed by atoms with E-state index in [-0.39, 0.29) is 16.5 Å².